The fraction of sp³-hybridized carbons (Fsp3) is 0.533. The maximum absolute atomic E-state index is 10.8. The Morgan fingerprint density at radius 3 is 2.44 bits per heavy atom. The Bertz CT molecular complexity index is 427. The van der Waals surface area contributed by atoms with Gasteiger partial charge in [-0.3, -0.25) is 4.79 Å². The normalized spacial score (nSPS) is 12.6. The van der Waals surface area contributed by atoms with Crippen LogP contribution < -0.4 is 4.90 Å². The molecule has 100 valence electrons. The number of aliphatic carboxylic acids is 1. The highest BCUT2D eigenvalue weighted by Gasteiger charge is 2.16. The molecule has 1 atom stereocenters. The first-order valence-corrected chi connectivity index (χ1v) is 6.38. The topological polar surface area (TPSA) is 40.5 Å². The summed E-state index contributed by atoms with van der Waals surface area (Å²) in [6.07, 6.45) is 0.155. The molecule has 0 aliphatic carbocycles. The average molecular weight is 249 g/mol. The highest BCUT2D eigenvalue weighted by atomic mass is 16.4. The number of hydrogen-bond donors (Lipinski definition) is 1. The van der Waals surface area contributed by atoms with Crippen LogP contribution in [0.25, 0.3) is 0 Å². The van der Waals surface area contributed by atoms with Gasteiger partial charge in [-0.1, -0.05) is 26.0 Å². The van der Waals surface area contributed by atoms with Gasteiger partial charge in [0.1, 0.15) is 0 Å². The standard InChI is InChI=1S/C15H23NO2/c1-10(2)13-7-6-11(3)14(9-13)16(5)12(4)8-15(17)18/h6-7,9-10,12H,8H2,1-5H3,(H,17,18). The van der Waals surface area contributed by atoms with E-state index in [1.54, 1.807) is 0 Å². The maximum Gasteiger partial charge on any atom is 0.305 e. The van der Waals surface area contributed by atoms with Crippen molar-refractivity contribution in [2.24, 2.45) is 0 Å². The van der Waals surface area contributed by atoms with E-state index in [0.29, 0.717) is 5.92 Å². The summed E-state index contributed by atoms with van der Waals surface area (Å²) in [5.74, 6) is -0.278. The van der Waals surface area contributed by atoms with Gasteiger partial charge >= 0.3 is 5.97 Å². The molecule has 0 aliphatic rings. The molecule has 18 heavy (non-hydrogen) atoms. The van der Waals surface area contributed by atoms with E-state index in [0.717, 1.165) is 5.69 Å². The highest BCUT2D eigenvalue weighted by molar-refractivity contribution is 5.68. The van der Waals surface area contributed by atoms with Crippen LogP contribution in [0.2, 0.25) is 0 Å². The second kappa shape index (κ2) is 5.89. The van der Waals surface area contributed by atoms with Gasteiger partial charge in [-0.25, -0.2) is 0 Å². The van der Waals surface area contributed by atoms with Crippen LogP contribution in [-0.2, 0) is 4.79 Å². The molecule has 1 N–H and O–H groups in total. The Morgan fingerprint density at radius 1 is 1.33 bits per heavy atom. The van der Waals surface area contributed by atoms with E-state index in [1.807, 2.05) is 14.0 Å². The lowest BCUT2D eigenvalue weighted by atomic mass is 9.99. The number of carbonyl (C=O) groups is 1. The van der Waals surface area contributed by atoms with E-state index in [2.05, 4.69) is 43.9 Å². The summed E-state index contributed by atoms with van der Waals surface area (Å²) >= 11 is 0. The van der Waals surface area contributed by atoms with Gasteiger partial charge in [-0.2, -0.15) is 0 Å². The zero-order valence-corrected chi connectivity index (χ0v) is 11.9. The summed E-state index contributed by atoms with van der Waals surface area (Å²) in [5, 5.41) is 8.87. The second-order valence-corrected chi connectivity index (χ2v) is 5.26. The van der Waals surface area contributed by atoms with E-state index in [4.69, 9.17) is 5.11 Å². The van der Waals surface area contributed by atoms with Gasteiger partial charge in [0.05, 0.1) is 6.42 Å². The van der Waals surface area contributed by atoms with Gasteiger partial charge in [0.15, 0.2) is 0 Å². The van der Waals surface area contributed by atoms with Crippen LogP contribution in [0.15, 0.2) is 18.2 Å². The molecule has 1 aromatic rings. The molecule has 0 spiro atoms. The number of hydrogen-bond acceptors (Lipinski definition) is 2. The summed E-state index contributed by atoms with van der Waals surface area (Å²) < 4.78 is 0. The molecule has 0 aliphatic heterocycles. The number of rotatable bonds is 5. The van der Waals surface area contributed by atoms with E-state index in [9.17, 15) is 4.79 Å². The third-order valence-corrected chi connectivity index (χ3v) is 3.41. The SMILES string of the molecule is Cc1ccc(C(C)C)cc1N(C)C(C)CC(=O)O. The smallest absolute Gasteiger partial charge is 0.305 e. The molecule has 0 radical (unpaired) electrons. The van der Waals surface area contributed by atoms with Gasteiger partial charge in [0.25, 0.3) is 0 Å². The Labute approximate surface area is 109 Å². The van der Waals surface area contributed by atoms with Crippen molar-refractivity contribution in [3.05, 3.63) is 29.3 Å². The molecule has 0 aromatic heterocycles. The third-order valence-electron chi connectivity index (χ3n) is 3.41. The van der Waals surface area contributed by atoms with Crippen molar-refractivity contribution in [3.63, 3.8) is 0 Å². The number of nitrogens with zero attached hydrogens (tertiary/aromatic N) is 1. The summed E-state index contributed by atoms with van der Waals surface area (Å²) in [4.78, 5) is 12.8. The quantitative estimate of drug-likeness (QED) is 0.869. The highest BCUT2D eigenvalue weighted by Crippen LogP contribution is 2.26. The molecule has 3 nitrogen and oxygen atoms in total. The molecule has 0 heterocycles. The molecular weight excluding hydrogens is 226 g/mol. The predicted octanol–water partition coefficient (Wildman–Crippen LogP) is 3.42. The van der Waals surface area contributed by atoms with E-state index in [-0.39, 0.29) is 12.5 Å². The first-order valence-electron chi connectivity index (χ1n) is 6.38. The zero-order valence-electron chi connectivity index (χ0n) is 11.9. The maximum atomic E-state index is 10.8. The Kier molecular flexibility index (Phi) is 4.76. The summed E-state index contributed by atoms with van der Waals surface area (Å²) in [6.45, 7) is 8.32. The molecule has 0 fully saturated rings. The lowest BCUT2D eigenvalue weighted by molar-refractivity contribution is -0.137. The van der Waals surface area contributed by atoms with Gasteiger partial charge in [-0.15, -0.1) is 0 Å². The Morgan fingerprint density at radius 2 is 1.94 bits per heavy atom. The molecule has 1 rings (SSSR count). The van der Waals surface area contributed by atoms with E-state index < -0.39 is 5.97 Å². The van der Waals surface area contributed by atoms with Crippen molar-refractivity contribution < 1.29 is 9.90 Å². The third kappa shape index (κ3) is 3.49. The molecular formula is C15H23NO2. The van der Waals surface area contributed by atoms with Crippen molar-refractivity contribution in [1.82, 2.24) is 0 Å². The van der Waals surface area contributed by atoms with E-state index in [1.165, 1.54) is 11.1 Å². The average Bonchev–Trinajstić information content (AvgIpc) is 2.27. The molecule has 1 unspecified atom stereocenters. The van der Waals surface area contributed by atoms with Crippen molar-refractivity contribution in [2.45, 2.75) is 46.1 Å². The van der Waals surface area contributed by atoms with Gasteiger partial charge < -0.3 is 10.0 Å². The van der Waals surface area contributed by atoms with Gasteiger partial charge in [0, 0.05) is 18.8 Å². The number of carboxylic acids is 1. The monoisotopic (exact) mass is 249 g/mol. The molecule has 0 bridgehead atoms. The molecule has 0 saturated carbocycles. The van der Waals surface area contributed by atoms with E-state index >= 15 is 0 Å². The van der Waals surface area contributed by atoms with Crippen LogP contribution in [0.3, 0.4) is 0 Å². The predicted molar refractivity (Wildman–Crippen MR) is 75.4 cm³/mol. The fourth-order valence-electron chi connectivity index (χ4n) is 1.99. The summed E-state index contributed by atoms with van der Waals surface area (Å²) in [7, 11) is 1.96. The molecule has 1 aromatic carbocycles. The Balaban J connectivity index is 3.00. The van der Waals surface area contributed by atoms with Crippen LogP contribution >= 0.6 is 0 Å². The number of benzene rings is 1. The minimum Gasteiger partial charge on any atom is -0.481 e. The van der Waals surface area contributed by atoms with Crippen LogP contribution in [0, 0.1) is 6.92 Å². The molecule has 3 heteroatoms. The zero-order chi connectivity index (χ0) is 13.9. The lowest BCUT2D eigenvalue weighted by Gasteiger charge is -2.28. The van der Waals surface area contributed by atoms with Crippen molar-refractivity contribution in [1.29, 1.82) is 0 Å². The minimum absolute atomic E-state index is 0.0105. The van der Waals surface area contributed by atoms with Crippen LogP contribution in [0.5, 0.6) is 0 Å². The molecule has 0 saturated heterocycles. The largest absolute Gasteiger partial charge is 0.481 e. The van der Waals surface area contributed by atoms with Crippen LogP contribution in [-0.4, -0.2) is 24.2 Å². The first-order chi connectivity index (χ1) is 8.32. The minimum atomic E-state index is -0.757. The summed E-state index contributed by atoms with van der Waals surface area (Å²) in [6, 6.07) is 6.40. The van der Waals surface area contributed by atoms with Crippen molar-refractivity contribution in [2.75, 3.05) is 11.9 Å². The van der Waals surface area contributed by atoms with Crippen molar-refractivity contribution >= 4 is 11.7 Å². The number of anilines is 1. The summed E-state index contributed by atoms with van der Waals surface area (Å²) in [5.41, 5.74) is 3.58. The second-order valence-electron chi connectivity index (χ2n) is 5.26. The fourth-order valence-corrected chi connectivity index (χ4v) is 1.99. The number of carboxylic acid groups (broad SMARTS) is 1. The van der Waals surface area contributed by atoms with Crippen molar-refractivity contribution in [3.8, 4) is 0 Å². The van der Waals surface area contributed by atoms with Gasteiger partial charge in [0.2, 0.25) is 0 Å². The van der Waals surface area contributed by atoms with Gasteiger partial charge in [-0.05, 0) is 37.0 Å². The number of aryl methyl sites for hydroxylation is 1. The Hall–Kier alpha value is -1.51. The first kappa shape index (κ1) is 14.6. The van der Waals surface area contributed by atoms with Crippen LogP contribution in [0.1, 0.15) is 44.2 Å². The molecule has 0 amide bonds. The van der Waals surface area contributed by atoms with Crippen LogP contribution in [0.4, 0.5) is 5.69 Å². The lowest BCUT2D eigenvalue weighted by Crippen LogP contribution is -2.31.